The highest BCUT2D eigenvalue weighted by Gasteiger charge is 2.25. The largest absolute Gasteiger partial charge is 0.507 e. The first kappa shape index (κ1) is 16.6. The lowest BCUT2D eigenvalue weighted by atomic mass is 10.1. The molecule has 1 fully saturated rings. The normalized spacial score (nSPS) is 15.2. The molecule has 0 atom stereocenters. The molecule has 1 aromatic carbocycles. The van der Waals surface area contributed by atoms with Crippen LogP contribution in [-0.2, 0) is 0 Å². The summed E-state index contributed by atoms with van der Waals surface area (Å²) in [6.07, 6.45) is 0.674. The summed E-state index contributed by atoms with van der Waals surface area (Å²) in [7, 11) is 0. The van der Waals surface area contributed by atoms with Crippen molar-refractivity contribution in [3.63, 3.8) is 0 Å². The Hall–Kier alpha value is -2.28. The minimum Gasteiger partial charge on any atom is -0.507 e. The molecule has 24 heavy (non-hydrogen) atoms. The molecule has 0 spiro atoms. The number of hydrogen-bond acceptors (Lipinski definition) is 4. The van der Waals surface area contributed by atoms with Crippen LogP contribution in [0.25, 0.3) is 0 Å². The zero-order valence-corrected chi connectivity index (χ0v) is 14.5. The number of phenolic OH excluding ortho intramolecular Hbond substituents is 1. The van der Waals surface area contributed by atoms with Crippen molar-refractivity contribution < 1.29 is 19.1 Å². The quantitative estimate of drug-likeness (QED) is 0.852. The number of carbonyl (C=O) groups excluding carboxylic acids is 2. The van der Waals surface area contributed by atoms with Gasteiger partial charge in [0, 0.05) is 26.2 Å². The number of phenols is 1. The van der Waals surface area contributed by atoms with Gasteiger partial charge >= 0.3 is 0 Å². The Bertz CT molecular complexity index is 759. The third-order valence-electron chi connectivity index (χ3n) is 3.99. The summed E-state index contributed by atoms with van der Waals surface area (Å²) in [5, 5.41) is 9.84. The molecular formula is C17H17BrN2O4. The summed E-state index contributed by atoms with van der Waals surface area (Å²) in [4.78, 5) is 28.3. The van der Waals surface area contributed by atoms with Gasteiger partial charge in [-0.15, -0.1) is 0 Å². The molecule has 0 saturated carbocycles. The number of aromatic hydroxyl groups is 1. The number of hydrogen-bond donors (Lipinski definition) is 1. The van der Waals surface area contributed by atoms with Crippen molar-refractivity contribution in [1.29, 1.82) is 0 Å². The molecule has 0 radical (unpaired) electrons. The maximum atomic E-state index is 12.6. The van der Waals surface area contributed by atoms with Gasteiger partial charge in [0.05, 0.1) is 5.56 Å². The van der Waals surface area contributed by atoms with Crippen molar-refractivity contribution in [2.24, 2.45) is 0 Å². The van der Waals surface area contributed by atoms with Gasteiger partial charge < -0.3 is 19.3 Å². The Morgan fingerprint density at radius 2 is 1.62 bits per heavy atom. The lowest BCUT2D eigenvalue weighted by Crippen LogP contribution is -2.37. The molecule has 1 aliphatic rings. The zero-order chi connectivity index (χ0) is 17.1. The third kappa shape index (κ3) is 3.46. The van der Waals surface area contributed by atoms with E-state index in [1.165, 1.54) is 6.07 Å². The number of para-hydroxylation sites is 1. The van der Waals surface area contributed by atoms with E-state index >= 15 is 0 Å². The molecule has 6 nitrogen and oxygen atoms in total. The number of furan rings is 1. The van der Waals surface area contributed by atoms with Gasteiger partial charge in [-0.3, -0.25) is 9.59 Å². The summed E-state index contributed by atoms with van der Waals surface area (Å²) in [6, 6.07) is 9.80. The van der Waals surface area contributed by atoms with Crippen molar-refractivity contribution in [3.8, 4) is 5.75 Å². The van der Waals surface area contributed by atoms with E-state index in [1.54, 1.807) is 40.1 Å². The fourth-order valence-corrected chi connectivity index (χ4v) is 3.04. The molecular weight excluding hydrogens is 376 g/mol. The molecule has 0 aliphatic carbocycles. The topological polar surface area (TPSA) is 74.0 Å². The number of nitrogens with zero attached hydrogens (tertiary/aromatic N) is 2. The summed E-state index contributed by atoms with van der Waals surface area (Å²) >= 11 is 3.19. The van der Waals surface area contributed by atoms with Gasteiger partial charge in [-0.25, -0.2) is 0 Å². The van der Waals surface area contributed by atoms with Gasteiger partial charge in [-0.2, -0.15) is 0 Å². The Morgan fingerprint density at radius 1 is 0.958 bits per heavy atom. The minimum absolute atomic E-state index is 0.0277. The van der Waals surface area contributed by atoms with E-state index in [0.717, 1.165) is 0 Å². The Kier molecular flexibility index (Phi) is 4.89. The van der Waals surface area contributed by atoms with Crippen LogP contribution in [0.2, 0.25) is 0 Å². The van der Waals surface area contributed by atoms with Crippen LogP contribution < -0.4 is 0 Å². The van der Waals surface area contributed by atoms with Crippen LogP contribution in [0, 0.1) is 0 Å². The van der Waals surface area contributed by atoms with Crippen LogP contribution in [0.3, 0.4) is 0 Å². The number of halogens is 1. The van der Waals surface area contributed by atoms with E-state index in [2.05, 4.69) is 15.9 Å². The second-order valence-corrected chi connectivity index (χ2v) is 6.34. The van der Waals surface area contributed by atoms with Crippen LogP contribution in [-0.4, -0.2) is 52.9 Å². The SMILES string of the molecule is O=C(c1ccc(Br)o1)N1CCCN(C(=O)c2ccccc2O)CC1. The minimum atomic E-state index is -0.219. The predicted octanol–water partition coefficient (Wildman–Crippen LogP) is 2.74. The predicted molar refractivity (Wildman–Crippen MR) is 90.9 cm³/mol. The average molecular weight is 393 g/mol. The summed E-state index contributed by atoms with van der Waals surface area (Å²) in [5.41, 5.74) is 0.284. The standard InChI is InChI=1S/C17H17BrN2O4/c18-15-7-6-14(24-15)17(23)20-9-3-8-19(10-11-20)16(22)12-4-1-2-5-13(12)21/h1-2,4-7,21H,3,8-11H2. The fraction of sp³-hybridized carbons (Fsp3) is 0.294. The Balaban J connectivity index is 1.68. The van der Waals surface area contributed by atoms with Crippen molar-refractivity contribution in [2.75, 3.05) is 26.2 Å². The van der Waals surface area contributed by atoms with E-state index in [1.807, 2.05) is 0 Å². The third-order valence-corrected chi connectivity index (χ3v) is 4.41. The molecule has 1 aliphatic heterocycles. The molecule has 3 rings (SSSR count). The molecule has 2 heterocycles. The number of carbonyl (C=O) groups is 2. The molecule has 1 aromatic heterocycles. The first-order valence-corrected chi connectivity index (χ1v) is 8.47. The second-order valence-electron chi connectivity index (χ2n) is 5.56. The van der Waals surface area contributed by atoms with Crippen molar-refractivity contribution >= 4 is 27.7 Å². The molecule has 0 bridgehead atoms. The van der Waals surface area contributed by atoms with E-state index in [0.29, 0.717) is 37.3 Å². The molecule has 0 unspecified atom stereocenters. The summed E-state index contributed by atoms with van der Waals surface area (Å²) < 4.78 is 5.82. The highest BCUT2D eigenvalue weighted by Crippen LogP contribution is 2.20. The maximum absolute atomic E-state index is 12.6. The lowest BCUT2D eigenvalue weighted by molar-refractivity contribution is 0.0698. The first-order valence-electron chi connectivity index (χ1n) is 7.68. The average Bonchev–Trinajstić information content (AvgIpc) is 2.87. The van der Waals surface area contributed by atoms with E-state index in [4.69, 9.17) is 4.42 Å². The molecule has 2 amide bonds. The lowest BCUT2D eigenvalue weighted by Gasteiger charge is -2.22. The van der Waals surface area contributed by atoms with Crippen molar-refractivity contribution in [1.82, 2.24) is 9.80 Å². The van der Waals surface area contributed by atoms with Crippen LogP contribution in [0.4, 0.5) is 0 Å². The summed E-state index contributed by atoms with van der Waals surface area (Å²) in [5.74, 6) is -0.150. The van der Waals surface area contributed by atoms with Crippen LogP contribution >= 0.6 is 15.9 Å². The maximum Gasteiger partial charge on any atom is 0.289 e. The molecule has 126 valence electrons. The van der Waals surface area contributed by atoms with Crippen LogP contribution in [0.5, 0.6) is 5.75 Å². The highest BCUT2D eigenvalue weighted by atomic mass is 79.9. The van der Waals surface area contributed by atoms with Gasteiger partial charge in [0.1, 0.15) is 5.75 Å². The van der Waals surface area contributed by atoms with E-state index in [-0.39, 0.29) is 28.9 Å². The van der Waals surface area contributed by atoms with Crippen LogP contribution in [0.15, 0.2) is 45.5 Å². The first-order chi connectivity index (χ1) is 11.6. The van der Waals surface area contributed by atoms with E-state index in [9.17, 15) is 14.7 Å². The zero-order valence-electron chi connectivity index (χ0n) is 12.9. The van der Waals surface area contributed by atoms with Gasteiger partial charge in [0.15, 0.2) is 10.4 Å². The number of rotatable bonds is 2. The van der Waals surface area contributed by atoms with Gasteiger partial charge in [0.2, 0.25) is 0 Å². The Labute approximate surface area is 147 Å². The van der Waals surface area contributed by atoms with Crippen LogP contribution in [0.1, 0.15) is 27.3 Å². The molecule has 7 heteroatoms. The monoisotopic (exact) mass is 392 g/mol. The smallest absolute Gasteiger partial charge is 0.289 e. The number of benzene rings is 1. The molecule has 2 aromatic rings. The summed E-state index contributed by atoms with van der Waals surface area (Å²) in [6.45, 7) is 1.94. The van der Waals surface area contributed by atoms with Gasteiger partial charge in [0.25, 0.3) is 11.8 Å². The highest BCUT2D eigenvalue weighted by molar-refractivity contribution is 9.10. The second kappa shape index (κ2) is 7.09. The van der Waals surface area contributed by atoms with Crippen molar-refractivity contribution in [3.05, 3.63) is 52.4 Å². The van der Waals surface area contributed by atoms with Crippen molar-refractivity contribution in [2.45, 2.75) is 6.42 Å². The van der Waals surface area contributed by atoms with Gasteiger partial charge in [-0.05, 0) is 46.6 Å². The Morgan fingerprint density at radius 3 is 2.25 bits per heavy atom. The van der Waals surface area contributed by atoms with Gasteiger partial charge in [-0.1, -0.05) is 12.1 Å². The molecule has 1 N–H and O–H groups in total. The number of amides is 2. The van der Waals surface area contributed by atoms with E-state index < -0.39 is 0 Å². The molecule has 1 saturated heterocycles. The fourth-order valence-electron chi connectivity index (χ4n) is 2.73.